The molecule has 2 unspecified atom stereocenters. The molecule has 0 saturated carbocycles. The van der Waals surface area contributed by atoms with Gasteiger partial charge in [0.05, 0.1) is 12.7 Å². The summed E-state index contributed by atoms with van der Waals surface area (Å²) in [5, 5.41) is 45.8. The Morgan fingerprint density at radius 1 is 0.851 bits per heavy atom. The molecular weight excluding hydrogens is 594 g/mol. The highest BCUT2D eigenvalue weighted by atomic mass is 16.5. The first-order chi connectivity index (χ1) is 22.7. The summed E-state index contributed by atoms with van der Waals surface area (Å²) in [5.41, 5.74) is 2.49. The van der Waals surface area contributed by atoms with Gasteiger partial charge in [-0.2, -0.15) is 4.57 Å². The average Bonchev–Trinajstić information content (AvgIpc) is 3.10. The lowest BCUT2D eigenvalue weighted by Crippen LogP contribution is -2.41. The summed E-state index contributed by atoms with van der Waals surface area (Å²) in [4.78, 5) is 15.7. The predicted octanol–water partition coefficient (Wildman–Crippen LogP) is 5.05. The lowest BCUT2D eigenvalue weighted by molar-refractivity contribution is -0.597. The SMILES string of the molecule is COc1cc(C(O)c2ccccc2)cc(C(O)c2ccccc2)c1N=Nc1c(C)c(-[n+]2ccccc2)c(=O)n(CCCN(C)C)c1[O-]. The molecule has 2 aromatic heterocycles. The molecule has 0 radical (unpaired) electrons. The third-order valence-electron chi connectivity index (χ3n) is 8.00. The van der Waals surface area contributed by atoms with Gasteiger partial charge in [0, 0.05) is 24.2 Å². The fraction of sp³-hybridized carbons (Fsp3) is 0.243. The molecule has 5 rings (SSSR count). The Kier molecular flexibility index (Phi) is 10.6. The Morgan fingerprint density at radius 3 is 2.02 bits per heavy atom. The van der Waals surface area contributed by atoms with Crippen LogP contribution in [0.1, 0.15) is 46.4 Å². The van der Waals surface area contributed by atoms with Crippen LogP contribution in [0.15, 0.2) is 118 Å². The molecule has 0 saturated heterocycles. The van der Waals surface area contributed by atoms with Crippen LogP contribution in [0.5, 0.6) is 11.6 Å². The van der Waals surface area contributed by atoms with Crippen LogP contribution in [0.3, 0.4) is 0 Å². The third kappa shape index (κ3) is 7.30. The van der Waals surface area contributed by atoms with E-state index in [1.165, 1.54) is 11.7 Å². The molecule has 0 spiro atoms. The molecule has 10 nitrogen and oxygen atoms in total. The van der Waals surface area contributed by atoms with E-state index >= 15 is 0 Å². The minimum absolute atomic E-state index is 0.00333. The Bertz CT molecular complexity index is 1890. The lowest BCUT2D eigenvalue weighted by Gasteiger charge is -2.22. The number of hydrogen-bond donors (Lipinski definition) is 2. The first-order valence-corrected chi connectivity index (χ1v) is 15.4. The predicted molar refractivity (Wildman–Crippen MR) is 178 cm³/mol. The lowest BCUT2D eigenvalue weighted by atomic mass is 9.93. The maximum atomic E-state index is 13.9. The maximum absolute atomic E-state index is 13.9. The van der Waals surface area contributed by atoms with Crippen molar-refractivity contribution in [3.05, 3.63) is 142 Å². The van der Waals surface area contributed by atoms with Crippen molar-refractivity contribution in [2.45, 2.75) is 32.1 Å². The molecule has 0 bridgehead atoms. The summed E-state index contributed by atoms with van der Waals surface area (Å²) in [6.07, 6.45) is 1.89. The van der Waals surface area contributed by atoms with Gasteiger partial charge in [-0.25, -0.2) is 0 Å². The first-order valence-electron chi connectivity index (χ1n) is 15.4. The van der Waals surface area contributed by atoms with Gasteiger partial charge in [0.25, 0.3) is 5.69 Å². The van der Waals surface area contributed by atoms with Gasteiger partial charge in [0.2, 0.25) is 0 Å². The number of azo groups is 1. The van der Waals surface area contributed by atoms with E-state index in [1.54, 1.807) is 60.3 Å². The molecule has 0 aliphatic carbocycles. The van der Waals surface area contributed by atoms with Crippen LogP contribution >= 0.6 is 0 Å². The van der Waals surface area contributed by atoms with E-state index in [4.69, 9.17) is 4.74 Å². The monoisotopic (exact) mass is 633 g/mol. The summed E-state index contributed by atoms with van der Waals surface area (Å²) in [6, 6.07) is 27.0. The molecule has 10 heteroatoms. The van der Waals surface area contributed by atoms with Gasteiger partial charge in [0.1, 0.15) is 29.3 Å². The molecular formula is C37H39N5O5. The number of aliphatic hydroxyl groups is 2. The number of methoxy groups -OCH3 is 1. The van der Waals surface area contributed by atoms with E-state index in [9.17, 15) is 20.1 Å². The molecule has 242 valence electrons. The number of ether oxygens (including phenoxy) is 1. The smallest absolute Gasteiger partial charge is 0.323 e. The molecule has 0 fully saturated rings. The van der Waals surface area contributed by atoms with Crippen LogP contribution in [0, 0.1) is 6.92 Å². The van der Waals surface area contributed by atoms with Crippen LogP contribution in [0.2, 0.25) is 0 Å². The molecule has 3 aromatic carbocycles. The standard InChI is InChI=1S/C37H39N5O5/c1-25-31(36(45)42(22-14-19-40(2)3)37(46)33(25)41-20-12-7-13-21-41)38-39-32-29(35(44)27-17-10-6-11-18-27)23-28(24-30(32)47-4)34(43)26-15-8-5-9-16-26/h5-13,15-18,20-21,23-24,34-35,43-44H,14,19,22H2,1-4H3. The molecule has 0 aliphatic rings. The Labute approximate surface area is 274 Å². The average molecular weight is 634 g/mol. The number of rotatable bonds is 12. The fourth-order valence-electron chi connectivity index (χ4n) is 5.52. The van der Waals surface area contributed by atoms with Crippen LogP contribution in [-0.4, -0.2) is 47.4 Å². The molecule has 5 aromatic rings. The van der Waals surface area contributed by atoms with Crippen LogP contribution in [0.4, 0.5) is 11.4 Å². The second-order valence-corrected chi connectivity index (χ2v) is 11.5. The molecule has 0 amide bonds. The van der Waals surface area contributed by atoms with E-state index in [-0.39, 0.29) is 23.7 Å². The second-order valence-electron chi connectivity index (χ2n) is 11.5. The number of aromatic nitrogens is 2. The normalized spacial score (nSPS) is 12.8. The van der Waals surface area contributed by atoms with Crippen LogP contribution in [0.25, 0.3) is 5.69 Å². The van der Waals surface area contributed by atoms with Crippen molar-refractivity contribution >= 4 is 11.4 Å². The van der Waals surface area contributed by atoms with Gasteiger partial charge >= 0.3 is 5.56 Å². The minimum Gasteiger partial charge on any atom is -0.858 e. The number of nitrogens with zero attached hydrogens (tertiary/aromatic N) is 5. The Morgan fingerprint density at radius 2 is 1.43 bits per heavy atom. The van der Waals surface area contributed by atoms with E-state index in [1.807, 2.05) is 73.6 Å². The molecule has 2 atom stereocenters. The Balaban J connectivity index is 1.69. The maximum Gasteiger partial charge on any atom is 0.323 e. The summed E-state index contributed by atoms with van der Waals surface area (Å²) < 4.78 is 8.62. The zero-order valence-corrected chi connectivity index (χ0v) is 26.9. The minimum atomic E-state index is -1.16. The number of aliphatic hydroxyl groups excluding tert-OH is 2. The summed E-state index contributed by atoms with van der Waals surface area (Å²) >= 11 is 0. The quantitative estimate of drug-likeness (QED) is 0.146. The fourth-order valence-corrected chi connectivity index (χ4v) is 5.52. The number of pyridine rings is 2. The van der Waals surface area contributed by atoms with Gasteiger partial charge in [-0.15, -0.1) is 10.2 Å². The topological polar surface area (TPSA) is 127 Å². The van der Waals surface area contributed by atoms with E-state index < -0.39 is 23.6 Å². The summed E-state index contributed by atoms with van der Waals surface area (Å²) in [6.45, 7) is 2.56. The Hall–Kier alpha value is -5.16. The molecule has 2 heterocycles. The third-order valence-corrected chi connectivity index (χ3v) is 8.00. The van der Waals surface area contributed by atoms with Crippen molar-refractivity contribution in [3.63, 3.8) is 0 Å². The second kappa shape index (κ2) is 15.0. The van der Waals surface area contributed by atoms with Gasteiger partial charge in [-0.05, 0) is 68.7 Å². The van der Waals surface area contributed by atoms with Gasteiger partial charge in [-0.3, -0.25) is 4.79 Å². The summed E-state index contributed by atoms with van der Waals surface area (Å²) in [7, 11) is 5.32. The van der Waals surface area contributed by atoms with Crippen LogP contribution in [-0.2, 0) is 6.54 Å². The van der Waals surface area contributed by atoms with Crippen molar-refractivity contribution in [2.75, 3.05) is 27.7 Å². The van der Waals surface area contributed by atoms with Gasteiger partial charge in [-0.1, -0.05) is 66.7 Å². The first kappa shape index (κ1) is 33.2. The van der Waals surface area contributed by atoms with Crippen molar-refractivity contribution in [3.8, 4) is 17.3 Å². The van der Waals surface area contributed by atoms with Gasteiger partial charge in [0.15, 0.2) is 12.4 Å². The van der Waals surface area contributed by atoms with E-state index in [0.717, 1.165) is 0 Å². The molecule has 0 aliphatic heterocycles. The molecule has 47 heavy (non-hydrogen) atoms. The highest BCUT2D eigenvalue weighted by molar-refractivity contribution is 5.64. The highest BCUT2D eigenvalue weighted by Gasteiger charge is 2.25. The number of hydrogen-bond acceptors (Lipinski definition) is 8. The van der Waals surface area contributed by atoms with Crippen molar-refractivity contribution in [2.24, 2.45) is 10.2 Å². The molecule has 2 N–H and O–H groups in total. The van der Waals surface area contributed by atoms with E-state index in [2.05, 4.69) is 10.2 Å². The van der Waals surface area contributed by atoms with E-state index in [0.29, 0.717) is 46.5 Å². The van der Waals surface area contributed by atoms with Crippen LogP contribution < -0.4 is 20.0 Å². The van der Waals surface area contributed by atoms with Crippen molar-refractivity contribution in [1.82, 2.24) is 9.47 Å². The van der Waals surface area contributed by atoms with Gasteiger partial charge < -0.3 is 29.5 Å². The zero-order valence-electron chi connectivity index (χ0n) is 26.9. The largest absolute Gasteiger partial charge is 0.858 e. The van der Waals surface area contributed by atoms with Crippen molar-refractivity contribution < 1.29 is 24.6 Å². The summed E-state index contributed by atoms with van der Waals surface area (Å²) in [5.74, 6) is -0.316. The highest BCUT2D eigenvalue weighted by Crippen LogP contribution is 2.42. The number of benzene rings is 3. The zero-order chi connectivity index (χ0) is 33.5. The van der Waals surface area contributed by atoms with Crippen molar-refractivity contribution in [1.29, 1.82) is 0 Å².